The minimum absolute atomic E-state index is 0.0566. The van der Waals surface area contributed by atoms with Gasteiger partial charge in [0.05, 0.1) is 34.5 Å². The van der Waals surface area contributed by atoms with Crippen LogP contribution in [0.3, 0.4) is 0 Å². The molecular weight excluding hydrogens is 372 g/mol. The van der Waals surface area contributed by atoms with Gasteiger partial charge in [0, 0.05) is 4.88 Å². The molecular formula is C21H26N4O2S. The first-order valence-corrected chi connectivity index (χ1v) is 10.4. The third-order valence-electron chi connectivity index (χ3n) is 4.71. The summed E-state index contributed by atoms with van der Waals surface area (Å²) in [6, 6.07) is 6.57. The molecule has 0 saturated carbocycles. The Kier molecular flexibility index (Phi) is 6.24. The molecule has 28 heavy (non-hydrogen) atoms. The van der Waals surface area contributed by atoms with E-state index in [9.17, 15) is 9.59 Å². The number of hydrogen-bond donors (Lipinski definition) is 1. The van der Waals surface area contributed by atoms with Crippen molar-refractivity contribution in [3.05, 3.63) is 56.5 Å². The topological polar surface area (TPSA) is 76.9 Å². The summed E-state index contributed by atoms with van der Waals surface area (Å²) in [5.74, 6) is -0.238. The molecule has 1 atom stereocenters. The average molecular weight is 399 g/mol. The molecule has 7 heteroatoms. The van der Waals surface area contributed by atoms with Crippen LogP contribution in [0.1, 0.15) is 48.8 Å². The van der Waals surface area contributed by atoms with Gasteiger partial charge in [-0.3, -0.25) is 14.2 Å². The van der Waals surface area contributed by atoms with Crippen LogP contribution in [-0.2, 0) is 17.8 Å². The maximum Gasteiger partial charge on any atom is 0.261 e. The highest BCUT2D eigenvalue weighted by atomic mass is 32.1. The molecule has 1 amide bonds. The van der Waals surface area contributed by atoms with Crippen molar-refractivity contribution in [3.8, 4) is 0 Å². The van der Waals surface area contributed by atoms with Gasteiger partial charge in [0.15, 0.2) is 0 Å². The van der Waals surface area contributed by atoms with Crippen molar-refractivity contribution in [3.63, 3.8) is 0 Å². The summed E-state index contributed by atoms with van der Waals surface area (Å²) in [5, 5.41) is 4.61. The zero-order valence-electron chi connectivity index (χ0n) is 16.7. The fourth-order valence-corrected chi connectivity index (χ4v) is 4.39. The third-order valence-corrected chi connectivity index (χ3v) is 5.93. The molecule has 1 N–H and O–H groups in total. The highest BCUT2D eigenvalue weighted by molar-refractivity contribution is 7.11. The van der Waals surface area contributed by atoms with Crippen LogP contribution in [0.15, 0.2) is 35.4 Å². The Morgan fingerprint density at radius 3 is 2.75 bits per heavy atom. The minimum atomic E-state index is -0.618. The Labute approximate surface area is 168 Å². The number of aryl methyl sites for hydroxylation is 2. The third kappa shape index (κ3) is 4.14. The van der Waals surface area contributed by atoms with Crippen molar-refractivity contribution < 1.29 is 4.79 Å². The van der Waals surface area contributed by atoms with Crippen molar-refractivity contribution in [2.45, 2.75) is 53.1 Å². The molecule has 0 spiro atoms. The normalized spacial score (nSPS) is 12.5. The second kappa shape index (κ2) is 8.65. The molecule has 0 aliphatic rings. The van der Waals surface area contributed by atoms with Gasteiger partial charge in [-0.1, -0.05) is 32.9 Å². The average Bonchev–Trinajstić information content (AvgIpc) is 3.01. The summed E-state index contributed by atoms with van der Waals surface area (Å²) in [5.41, 5.74) is 1.40. The van der Waals surface area contributed by atoms with Crippen molar-refractivity contribution >= 4 is 28.1 Å². The van der Waals surface area contributed by atoms with Gasteiger partial charge in [0.2, 0.25) is 5.91 Å². The van der Waals surface area contributed by atoms with E-state index in [1.165, 1.54) is 10.9 Å². The molecule has 3 aromatic rings. The number of benzene rings is 1. The van der Waals surface area contributed by atoms with E-state index in [-0.39, 0.29) is 17.4 Å². The second-order valence-corrected chi connectivity index (χ2v) is 8.42. The van der Waals surface area contributed by atoms with E-state index in [1.807, 2.05) is 26.8 Å². The predicted molar refractivity (Wildman–Crippen MR) is 113 cm³/mol. The Hall–Kier alpha value is -2.54. The van der Waals surface area contributed by atoms with Crippen LogP contribution in [0.4, 0.5) is 0 Å². The molecule has 0 aliphatic heterocycles. The number of thiazole rings is 1. The van der Waals surface area contributed by atoms with Gasteiger partial charge in [-0.2, -0.15) is 0 Å². The summed E-state index contributed by atoms with van der Waals surface area (Å²) in [7, 11) is 0. The SMILES string of the molecule is CCCc1nc(C)c(CNC(=O)C(C(C)C)n2cnc3ccccc3c2=O)s1. The van der Waals surface area contributed by atoms with Crippen molar-refractivity contribution in [2.75, 3.05) is 0 Å². The Morgan fingerprint density at radius 1 is 1.29 bits per heavy atom. The van der Waals surface area contributed by atoms with Crippen molar-refractivity contribution in [2.24, 2.45) is 5.92 Å². The van der Waals surface area contributed by atoms with Crippen molar-refractivity contribution in [1.29, 1.82) is 0 Å². The number of nitrogens with zero attached hydrogens (tertiary/aromatic N) is 3. The second-order valence-electron chi connectivity index (χ2n) is 7.25. The molecule has 6 nitrogen and oxygen atoms in total. The number of nitrogens with one attached hydrogen (secondary N) is 1. The Balaban J connectivity index is 1.84. The number of rotatable bonds is 7. The summed E-state index contributed by atoms with van der Waals surface area (Å²) in [4.78, 5) is 35.9. The van der Waals surface area contributed by atoms with Crippen LogP contribution < -0.4 is 10.9 Å². The fraction of sp³-hybridized carbons (Fsp3) is 0.429. The maximum atomic E-state index is 13.0. The van der Waals surface area contributed by atoms with Gasteiger partial charge in [-0.05, 0) is 37.8 Å². The number of fused-ring (bicyclic) bond motifs is 1. The molecule has 2 heterocycles. The van der Waals surface area contributed by atoms with Crippen LogP contribution in [0.25, 0.3) is 10.9 Å². The number of amides is 1. The molecule has 1 unspecified atom stereocenters. The van der Waals surface area contributed by atoms with E-state index in [2.05, 4.69) is 22.2 Å². The van der Waals surface area contributed by atoms with Gasteiger partial charge < -0.3 is 5.32 Å². The van der Waals surface area contributed by atoms with E-state index in [4.69, 9.17) is 0 Å². The molecule has 0 fully saturated rings. The number of carbonyl (C=O) groups excluding carboxylic acids is 1. The summed E-state index contributed by atoms with van der Waals surface area (Å²) < 4.78 is 1.45. The van der Waals surface area contributed by atoms with E-state index < -0.39 is 6.04 Å². The molecule has 0 saturated heterocycles. The zero-order valence-corrected chi connectivity index (χ0v) is 17.5. The highest BCUT2D eigenvalue weighted by Gasteiger charge is 2.26. The van der Waals surface area contributed by atoms with E-state index in [1.54, 1.807) is 29.5 Å². The van der Waals surface area contributed by atoms with Gasteiger partial charge in [-0.25, -0.2) is 9.97 Å². The molecule has 2 aromatic heterocycles. The molecule has 0 bridgehead atoms. The number of hydrogen-bond acceptors (Lipinski definition) is 5. The lowest BCUT2D eigenvalue weighted by molar-refractivity contribution is -0.125. The molecule has 0 aliphatic carbocycles. The van der Waals surface area contributed by atoms with Crippen LogP contribution in [0.5, 0.6) is 0 Å². The minimum Gasteiger partial charge on any atom is -0.349 e. The largest absolute Gasteiger partial charge is 0.349 e. The van der Waals surface area contributed by atoms with Crippen LogP contribution in [0.2, 0.25) is 0 Å². The van der Waals surface area contributed by atoms with E-state index in [0.717, 1.165) is 28.4 Å². The fourth-order valence-electron chi connectivity index (χ4n) is 3.28. The van der Waals surface area contributed by atoms with Crippen LogP contribution in [0, 0.1) is 12.8 Å². The van der Waals surface area contributed by atoms with E-state index >= 15 is 0 Å². The lowest BCUT2D eigenvalue weighted by atomic mass is 10.0. The number of carbonyl (C=O) groups is 1. The smallest absolute Gasteiger partial charge is 0.261 e. The quantitative estimate of drug-likeness (QED) is 0.659. The van der Waals surface area contributed by atoms with E-state index in [0.29, 0.717) is 17.4 Å². The first-order chi connectivity index (χ1) is 13.4. The van der Waals surface area contributed by atoms with Gasteiger partial charge >= 0.3 is 0 Å². The maximum absolute atomic E-state index is 13.0. The monoisotopic (exact) mass is 398 g/mol. The first kappa shape index (κ1) is 20.2. The van der Waals surface area contributed by atoms with Crippen LogP contribution in [-0.4, -0.2) is 20.4 Å². The Morgan fingerprint density at radius 2 is 2.04 bits per heavy atom. The molecule has 3 rings (SSSR count). The first-order valence-electron chi connectivity index (χ1n) is 9.61. The van der Waals surface area contributed by atoms with Gasteiger partial charge in [0.25, 0.3) is 5.56 Å². The summed E-state index contributed by atoms with van der Waals surface area (Å²) in [6.45, 7) is 8.38. The lowest BCUT2D eigenvalue weighted by Crippen LogP contribution is -2.39. The molecule has 1 aromatic carbocycles. The van der Waals surface area contributed by atoms with Crippen molar-refractivity contribution in [1.82, 2.24) is 19.9 Å². The molecule has 0 radical (unpaired) electrons. The summed E-state index contributed by atoms with van der Waals surface area (Å²) >= 11 is 1.64. The number of aromatic nitrogens is 3. The Bertz CT molecular complexity index is 1040. The molecule has 148 valence electrons. The van der Waals surface area contributed by atoms with Gasteiger partial charge in [-0.15, -0.1) is 11.3 Å². The zero-order chi connectivity index (χ0) is 20.3. The standard InChI is InChI=1S/C21H26N4O2S/c1-5-8-18-24-14(4)17(28-18)11-22-20(26)19(13(2)3)25-12-23-16-10-7-6-9-15(16)21(25)27/h6-7,9-10,12-13,19H,5,8,11H2,1-4H3,(H,22,26). The predicted octanol–water partition coefficient (Wildman–Crippen LogP) is 3.63. The highest BCUT2D eigenvalue weighted by Crippen LogP contribution is 2.21. The van der Waals surface area contributed by atoms with Gasteiger partial charge in [0.1, 0.15) is 6.04 Å². The number of para-hydroxylation sites is 1. The summed E-state index contributed by atoms with van der Waals surface area (Å²) in [6.07, 6.45) is 3.48. The van der Waals surface area contributed by atoms with Crippen LogP contribution >= 0.6 is 11.3 Å². The lowest BCUT2D eigenvalue weighted by Gasteiger charge is -2.22.